The molecule has 2 aromatic carbocycles. The van der Waals surface area contributed by atoms with Gasteiger partial charge in [-0.05, 0) is 64.7 Å². The number of amides is 1. The van der Waals surface area contributed by atoms with Crippen LogP contribution in [-0.4, -0.2) is 50.8 Å². The minimum absolute atomic E-state index is 0.0402. The molecule has 0 fully saturated rings. The molecular weight excluding hydrogens is 512 g/mol. The molecule has 0 saturated carbocycles. The second-order valence-electron chi connectivity index (χ2n) is 8.64. The van der Waals surface area contributed by atoms with Crippen LogP contribution < -0.4 is 10.2 Å². The van der Waals surface area contributed by atoms with Crippen LogP contribution in [0, 0.1) is 11.6 Å². The van der Waals surface area contributed by atoms with Gasteiger partial charge >= 0.3 is 12.1 Å². The Labute approximate surface area is 226 Å². The number of rotatable bonds is 11. The number of hydrogen-bond donors (Lipinski definition) is 1. The summed E-state index contributed by atoms with van der Waals surface area (Å²) < 4.78 is 40.0. The van der Waals surface area contributed by atoms with Crippen LogP contribution in [0.5, 0.6) is 0 Å². The number of hydrogen-bond acceptors (Lipinski definition) is 7. The second kappa shape index (κ2) is 13.3. The van der Waals surface area contributed by atoms with Gasteiger partial charge in [-0.1, -0.05) is 18.2 Å². The lowest BCUT2D eigenvalue weighted by Gasteiger charge is -2.22. The van der Waals surface area contributed by atoms with E-state index in [1.54, 1.807) is 13.8 Å². The number of nitrogens with zero attached hydrogens (tertiary/aromatic N) is 2. The third-order valence-electron chi connectivity index (χ3n) is 5.58. The molecule has 3 rings (SSSR count). The van der Waals surface area contributed by atoms with Crippen molar-refractivity contribution < 1.29 is 27.8 Å². The molecule has 1 N–H and O–H groups in total. The van der Waals surface area contributed by atoms with E-state index in [-0.39, 0.29) is 29.3 Å². The standard InChI is InChI=1S/C28H33F2N3O4S/c1-6-31-19-14-12-18(13-15-19)25-21(16-32(4)5)24(27(34)36-7-2)26(38-25)33(28(35)37-8-3)17-20-22(29)10-9-11-23(20)30/h9-15,31H,6-8,16-17H2,1-5H3. The van der Waals surface area contributed by atoms with Gasteiger partial charge in [-0.2, -0.15) is 0 Å². The molecule has 0 radical (unpaired) electrons. The summed E-state index contributed by atoms with van der Waals surface area (Å²) >= 11 is 1.18. The normalized spacial score (nSPS) is 10.9. The molecule has 0 aliphatic heterocycles. The number of esters is 1. The number of halogens is 2. The summed E-state index contributed by atoms with van der Waals surface area (Å²) in [6.07, 6.45) is -0.826. The summed E-state index contributed by atoms with van der Waals surface area (Å²) in [5.74, 6) is -2.24. The molecule has 7 nitrogen and oxygen atoms in total. The maximum absolute atomic E-state index is 14.7. The Morgan fingerprint density at radius 3 is 2.08 bits per heavy atom. The number of carbonyl (C=O) groups is 2. The Balaban J connectivity index is 2.27. The summed E-state index contributed by atoms with van der Waals surface area (Å²) in [5, 5.41) is 3.45. The third kappa shape index (κ3) is 6.68. The Morgan fingerprint density at radius 2 is 1.53 bits per heavy atom. The lowest BCUT2D eigenvalue weighted by Crippen LogP contribution is -2.32. The fourth-order valence-electron chi connectivity index (χ4n) is 3.96. The summed E-state index contributed by atoms with van der Waals surface area (Å²) in [4.78, 5) is 30.3. The summed E-state index contributed by atoms with van der Waals surface area (Å²) in [7, 11) is 3.73. The predicted molar refractivity (Wildman–Crippen MR) is 147 cm³/mol. The van der Waals surface area contributed by atoms with Gasteiger partial charge in [-0.3, -0.25) is 4.90 Å². The summed E-state index contributed by atoms with van der Waals surface area (Å²) in [6.45, 7) is 6.14. The van der Waals surface area contributed by atoms with Crippen LogP contribution in [0.15, 0.2) is 42.5 Å². The molecule has 0 atom stereocenters. The largest absolute Gasteiger partial charge is 0.462 e. The minimum Gasteiger partial charge on any atom is -0.462 e. The quantitative estimate of drug-likeness (QED) is 0.277. The van der Waals surface area contributed by atoms with Gasteiger partial charge in [-0.25, -0.2) is 18.4 Å². The second-order valence-corrected chi connectivity index (χ2v) is 9.64. The average Bonchev–Trinajstić information content (AvgIpc) is 3.23. The molecule has 0 saturated heterocycles. The van der Waals surface area contributed by atoms with Crippen molar-refractivity contribution in [1.29, 1.82) is 0 Å². The molecule has 1 aromatic heterocycles. The van der Waals surface area contributed by atoms with Crippen molar-refractivity contribution in [3.8, 4) is 10.4 Å². The van der Waals surface area contributed by atoms with E-state index < -0.39 is 30.2 Å². The van der Waals surface area contributed by atoms with E-state index in [0.29, 0.717) is 12.1 Å². The van der Waals surface area contributed by atoms with Crippen molar-refractivity contribution in [2.75, 3.05) is 44.1 Å². The molecule has 1 heterocycles. The zero-order valence-corrected chi connectivity index (χ0v) is 23.1. The van der Waals surface area contributed by atoms with Gasteiger partial charge < -0.3 is 19.7 Å². The highest BCUT2D eigenvalue weighted by Crippen LogP contribution is 2.44. The minimum atomic E-state index is -0.826. The number of thiophene rings is 1. The third-order valence-corrected chi connectivity index (χ3v) is 6.89. The SMILES string of the molecule is CCNc1ccc(-c2sc(N(Cc3c(F)cccc3F)C(=O)OCC)c(C(=O)OCC)c2CN(C)C)cc1. The molecule has 0 bridgehead atoms. The smallest absolute Gasteiger partial charge is 0.415 e. The van der Waals surface area contributed by atoms with Crippen molar-refractivity contribution in [1.82, 2.24) is 4.90 Å². The van der Waals surface area contributed by atoms with Gasteiger partial charge in [0.1, 0.15) is 16.6 Å². The van der Waals surface area contributed by atoms with Crippen LogP contribution in [0.3, 0.4) is 0 Å². The van der Waals surface area contributed by atoms with E-state index in [4.69, 9.17) is 9.47 Å². The highest BCUT2D eigenvalue weighted by Gasteiger charge is 2.33. The van der Waals surface area contributed by atoms with Crippen LogP contribution in [0.1, 0.15) is 42.3 Å². The topological polar surface area (TPSA) is 71.1 Å². The van der Waals surface area contributed by atoms with Crippen LogP contribution in [0.4, 0.5) is 24.3 Å². The van der Waals surface area contributed by atoms with Crippen molar-refractivity contribution in [2.24, 2.45) is 0 Å². The summed E-state index contributed by atoms with van der Waals surface area (Å²) in [5.41, 5.74) is 2.27. The Morgan fingerprint density at radius 1 is 0.895 bits per heavy atom. The van der Waals surface area contributed by atoms with Crippen molar-refractivity contribution in [2.45, 2.75) is 33.9 Å². The van der Waals surface area contributed by atoms with E-state index in [2.05, 4.69) is 5.32 Å². The molecule has 10 heteroatoms. The van der Waals surface area contributed by atoms with Crippen LogP contribution in [0.2, 0.25) is 0 Å². The van der Waals surface area contributed by atoms with E-state index in [1.165, 1.54) is 17.4 Å². The molecule has 1 amide bonds. The Hall–Kier alpha value is -3.50. The monoisotopic (exact) mass is 545 g/mol. The molecule has 0 aliphatic carbocycles. The Kier molecular flexibility index (Phi) is 10.2. The zero-order chi connectivity index (χ0) is 27.8. The Bertz CT molecular complexity index is 1240. The highest BCUT2D eigenvalue weighted by atomic mass is 32.1. The van der Waals surface area contributed by atoms with Gasteiger partial charge in [0.25, 0.3) is 0 Å². The number of carbonyl (C=O) groups excluding carboxylic acids is 2. The van der Waals surface area contributed by atoms with Gasteiger partial charge in [0.05, 0.1) is 25.3 Å². The van der Waals surface area contributed by atoms with Crippen LogP contribution >= 0.6 is 11.3 Å². The van der Waals surface area contributed by atoms with Crippen molar-refractivity contribution in [3.63, 3.8) is 0 Å². The van der Waals surface area contributed by atoms with E-state index >= 15 is 0 Å². The van der Waals surface area contributed by atoms with Crippen molar-refractivity contribution >= 4 is 34.1 Å². The molecule has 204 valence electrons. The lowest BCUT2D eigenvalue weighted by atomic mass is 10.0. The fourth-order valence-corrected chi connectivity index (χ4v) is 5.26. The first-order valence-corrected chi connectivity index (χ1v) is 13.2. The molecule has 3 aromatic rings. The van der Waals surface area contributed by atoms with Crippen molar-refractivity contribution in [3.05, 3.63) is 70.8 Å². The van der Waals surface area contributed by atoms with E-state index in [0.717, 1.165) is 39.7 Å². The molecule has 0 unspecified atom stereocenters. The molecular formula is C28H33F2N3O4S. The first kappa shape index (κ1) is 29.1. The first-order valence-electron chi connectivity index (χ1n) is 12.4. The molecule has 38 heavy (non-hydrogen) atoms. The first-order chi connectivity index (χ1) is 18.2. The highest BCUT2D eigenvalue weighted by molar-refractivity contribution is 7.20. The van der Waals surface area contributed by atoms with Gasteiger partial charge in [-0.15, -0.1) is 11.3 Å². The van der Waals surface area contributed by atoms with E-state index in [9.17, 15) is 18.4 Å². The predicted octanol–water partition coefficient (Wildman–Crippen LogP) is 6.53. The number of nitrogens with one attached hydrogen (secondary N) is 1. The fraction of sp³-hybridized carbons (Fsp3) is 0.357. The van der Waals surface area contributed by atoms with Gasteiger partial charge in [0.2, 0.25) is 0 Å². The maximum Gasteiger partial charge on any atom is 0.415 e. The molecule has 0 spiro atoms. The number of benzene rings is 2. The number of ether oxygens (including phenoxy) is 2. The van der Waals surface area contributed by atoms with Crippen LogP contribution in [-0.2, 0) is 22.6 Å². The van der Waals surface area contributed by atoms with Gasteiger partial charge in [0.15, 0.2) is 0 Å². The average molecular weight is 546 g/mol. The van der Waals surface area contributed by atoms with Crippen LogP contribution in [0.25, 0.3) is 10.4 Å². The summed E-state index contributed by atoms with van der Waals surface area (Å²) in [6, 6.07) is 11.2. The lowest BCUT2D eigenvalue weighted by molar-refractivity contribution is 0.0526. The van der Waals surface area contributed by atoms with E-state index in [1.807, 2.05) is 50.2 Å². The number of anilines is 2. The molecule has 0 aliphatic rings. The maximum atomic E-state index is 14.7. The van der Waals surface area contributed by atoms with Gasteiger partial charge in [0, 0.05) is 34.8 Å². The zero-order valence-electron chi connectivity index (χ0n) is 22.3.